The summed E-state index contributed by atoms with van der Waals surface area (Å²) in [5.41, 5.74) is 2.01. The highest BCUT2D eigenvalue weighted by Gasteiger charge is 2.24. The lowest BCUT2D eigenvalue weighted by Crippen LogP contribution is -2.39. The second-order valence-corrected chi connectivity index (χ2v) is 8.11. The van der Waals surface area contributed by atoms with E-state index < -0.39 is 22.9 Å². The molecule has 9 nitrogen and oxygen atoms in total. The summed E-state index contributed by atoms with van der Waals surface area (Å²) in [6, 6.07) is 24.2. The van der Waals surface area contributed by atoms with Crippen molar-refractivity contribution in [2.45, 2.75) is 32.5 Å². The molecule has 3 aromatic carbocycles. The van der Waals surface area contributed by atoms with Crippen molar-refractivity contribution < 1.29 is 24.0 Å². The number of nitro groups is 1. The molecule has 1 N–H and O–H groups in total. The lowest BCUT2D eigenvalue weighted by molar-refractivity contribution is -0.384. The Labute approximate surface area is 208 Å². The molecule has 3 aromatic rings. The van der Waals surface area contributed by atoms with Crippen LogP contribution in [-0.2, 0) is 27.4 Å². The normalized spacial score (nSPS) is 11.2. The molecule has 0 saturated carbocycles. The van der Waals surface area contributed by atoms with Gasteiger partial charge in [0.1, 0.15) is 0 Å². The molecule has 0 bridgehead atoms. The SMILES string of the molecule is CC(OC(=O)CCNC(=O)c1ccc([N+](=O)[O-])cc1)C(=O)N(Cc1ccccc1)Cc1ccccc1. The topological polar surface area (TPSA) is 119 Å². The summed E-state index contributed by atoms with van der Waals surface area (Å²) in [6.07, 6.45) is -1.14. The van der Waals surface area contributed by atoms with Crippen molar-refractivity contribution in [3.8, 4) is 0 Å². The minimum atomic E-state index is -1.00. The molecule has 0 aromatic heterocycles. The van der Waals surface area contributed by atoms with Gasteiger partial charge in [-0.25, -0.2) is 0 Å². The minimum absolute atomic E-state index is 0.00664. The molecule has 36 heavy (non-hydrogen) atoms. The Kier molecular flexibility index (Phi) is 9.27. The first-order chi connectivity index (χ1) is 17.3. The molecule has 2 amide bonds. The Morgan fingerprint density at radius 2 is 1.42 bits per heavy atom. The van der Waals surface area contributed by atoms with E-state index in [0.717, 1.165) is 11.1 Å². The predicted molar refractivity (Wildman–Crippen MR) is 133 cm³/mol. The Hall–Kier alpha value is -4.53. The summed E-state index contributed by atoms with van der Waals surface area (Å²) in [5.74, 6) is -1.43. The Morgan fingerprint density at radius 1 is 0.889 bits per heavy atom. The number of amides is 2. The van der Waals surface area contributed by atoms with Crippen molar-refractivity contribution >= 4 is 23.5 Å². The van der Waals surface area contributed by atoms with Gasteiger partial charge in [0.05, 0.1) is 11.3 Å². The van der Waals surface area contributed by atoms with E-state index in [-0.39, 0.29) is 30.1 Å². The van der Waals surface area contributed by atoms with Gasteiger partial charge < -0.3 is 15.0 Å². The Bertz CT molecular complexity index is 1140. The van der Waals surface area contributed by atoms with E-state index in [2.05, 4.69) is 5.32 Å². The van der Waals surface area contributed by atoms with Crippen LogP contribution in [0.2, 0.25) is 0 Å². The molecule has 0 aliphatic carbocycles. The van der Waals surface area contributed by atoms with Gasteiger partial charge in [0.15, 0.2) is 6.10 Å². The number of hydrogen-bond donors (Lipinski definition) is 1. The third kappa shape index (κ3) is 7.76. The number of rotatable bonds is 11. The first-order valence-corrected chi connectivity index (χ1v) is 11.4. The van der Waals surface area contributed by atoms with Gasteiger partial charge in [-0.1, -0.05) is 60.7 Å². The fourth-order valence-corrected chi connectivity index (χ4v) is 3.50. The number of hydrogen-bond acceptors (Lipinski definition) is 6. The van der Waals surface area contributed by atoms with Gasteiger partial charge in [0, 0.05) is 37.3 Å². The van der Waals surface area contributed by atoms with Gasteiger partial charge >= 0.3 is 5.97 Å². The number of nitro benzene ring substituents is 1. The second kappa shape index (κ2) is 12.8. The zero-order chi connectivity index (χ0) is 25.9. The molecule has 0 aliphatic rings. The smallest absolute Gasteiger partial charge is 0.308 e. The minimum Gasteiger partial charge on any atom is -0.452 e. The van der Waals surface area contributed by atoms with Crippen molar-refractivity contribution in [2.75, 3.05) is 6.54 Å². The predicted octanol–water partition coefficient (Wildman–Crippen LogP) is 3.88. The number of nitrogens with one attached hydrogen (secondary N) is 1. The van der Waals surface area contributed by atoms with Crippen LogP contribution in [0.4, 0.5) is 5.69 Å². The number of non-ortho nitro benzene ring substituents is 1. The van der Waals surface area contributed by atoms with Crippen molar-refractivity contribution in [3.05, 3.63) is 112 Å². The van der Waals surface area contributed by atoms with E-state index in [4.69, 9.17) is 4.74 Å². The average Bonchev–Trinajstić information content (AvgIpc) is 2.89. The zero-order valence-corrected chi connectivity index (χ0v) is 19.8. The number of benzene rings is 3. The maximum absolute atomic E-state index is 13.2. The van der Waals surface area contributed by atoms with E-state index >= 15 is 0 Å². The Balaban J connectivity index is 1.53. The molecule has 0 heterocycles. The summed E-state index contributed by atoms with van der Waals surface area (Å²) in [5, 5.41) is 13.3. The van der Waals surface area contributed by atoms with Crippen LogP contribution in [-0.4, -0.2) is 40.3 Å². The van der Waals surface area contributed by atoms with Crippen LogP contribution in [0.25, 0.3) is 0 Å². The van der Waals surface area contributed by atoms with Gasteiger partial charge in [-0.3, -0.25) is 24.5 Å². The van der Waals surface area contributed by atoms with Gasteiger partial charge in [0.2, 0.25) is 0 Å². The average molecular weight is 490 g/mol. The number of carbonyl (C=O) groups is 3. The second-order valence-electron chi connectivity index (χ2n) is 8.11. The molecule has 3 rings (SSSR count). The van der Waals surface area contributed by atoms with Crippen LogP contribution >= 0.6 is 0 Å². The van der Waals surface area contributed by atoms with Crippen LogP contribution in [0.5, 0.6) is 0 Å². The summed E-state index contributed by atoms with van der Waals surface area (Å²) in [4.78, 5) is 49.5. The number of nitrogens with zero attached hydrogens (tertiary/aromatic N) is 2. The number of carbonyl (C=O) groups excluding carboxylic acids is 3. The molecule has 186 valence electrons. The molecular formula is C27H27N3O6. The van der Waals surface area contributed by atoms with Crippen LogP contribution in [0.15, 0.2) is 84.9 Å². The molecule has 9 heteroatoms. The largest absolute Gasteiger partial charge is 0.452 e. The van der Waals surface area contributed by atoms with E-state index in [0.29, 0.717) is 13.1 Å². The van der Waals surface area contributed by atoms with Gasteiger partial charge in [-0.15, -0.1) is 0 Å². The standard InChI is InChI=1S/C27H27N3O6/c1-20(36-25(31)16-17-28-26(32)23-12-14-24(15-13-23)30(34)35)27(33)29(18-21-8-4-2-5-9-21)19-22-10-6-3-7-11-22/h2-15,20H,16-19H2,1H3,(H,28,32). The third-order valence-corrected chi connectivity index (χ3v) is 5.36. The monoisotopic (exact) mass is 489 g/mol. The maximum atomic E-state index is 13.2. The summed E-state index contributed by atoms with van der Waals surface area (Å²) in [7, 11) is 0. The van der Waals surface area contributed by atoms with Crippen LogP contribution in [0.3, 0.4) is 0 Å². The van der Waals surface area contributed by atoms with Gasteiger partial charge in [0.25, 0.3) is 17.5 Å². The highest BCUT2D eigenvalue weighted by atomic mass is 16.6. The van der Waals surface area contributed by atoms with E-state index in [1.165, 1.54) is 31.2 Å². The molecule has 1 atom stereocenters. The lowest BCUT2D eigenvalue weighted by atomic mass is 10.1. The molecule has 0 fully saturated rings. The van der Waals surface area contributed by atoms with Crippen molar-refractivity contribution in [2.24, 2.45) is 0 Å². The molecular weight excluding hydrogens is 462 g/mol. The van der Waals surface area contributed by atoms with Crippen LogP contribution < -0.4 is 5.32 Å². The highest BCUT2D eigenvalue weighted by molar-refractivity contribution is 5.94. The van der Waals surface area contributed by atoms with Crippen LogP contribution in [0, 0.1) is 10.1 Å². The van der Waals surface area contributed by atoms with Crippen molar-refractivity contribution in [1.29, 1.82) is 0 Å². The fraction of sp³-hybridized carbons (Fsp3) is 0.222. The summed E-state index contributed by atoms with van der Waals surface area (Å²) in [6.45, 7) is 2.25. The van der Waals surface area contributed by atoms with Crippen LogP contribution in [0.1, 0.15) is 34.8 Å². The molecule has 0 aliphatic heterocycles. The lowest BCUT2D eigenvalue weighted by Gasteiger charge is -2.26. The highest BCUT2D eigenvalue weighted by Crippen LogP contribution is 2.14. The van der Waals surface area contributed by atoms with E-state index in [1.54, 1.807) is 4.90 Å². The van der Waals surface area contributed by atoms with Crippen molar-refractivity contribution in [1.82, 2.24) is 10.2 Å². The molecule has 1 unspecified atom stereocenters. The summed E-state index contributed by atoms with van der Waals surface area (Å²) >= 11 is 0. The molecule has 0 saturated heterocycles. The Morgan fingerprint density at radius 3 is 1.92 bits per heavy atom. The first kappa shape index (κ1) is 26.1. The maximum Gasteiger partial charge on any atom is 0.308 e. The first-order valence-electron chi connectivity index (χ1n) is 11.4. The van der Waals surface area contributed by atoms with E-state index in [9.17, 15) is 24.5 Å². The zero-order valence-electron chi connectivity index (χ0n) is 19.8. The fourth-order valence-electron chi connectivity index (χ4n) is 3.50. The van der Waals surface area contributed by atoms with Gasteiger partial charge in [-0.05, 0) is 30.2 Å². The van der Waals surface area contributed by atoms with Gasteiger partial charge in [-0.2, -0.15) is 0 Å². The molecule has 0 spiro atoms. The third-order valence-electron chi connectivity index (χ3n) is 5.36. The van der Waals surface area contributed by atoms with Crippen molar-refractivity contribution in [3.63, 3.8) is 0 Å². The number of ether oxygens (including phenoxy) is 1. The number of esters is 1. The quantitative estimate of drug-likeness (QED) is 0.248. The molecule has 0 radical (unpaired) electrons. The summed E-state index contributed by atoms with van der Waals surface area (Å²) < 4.78 is 5.34. The van der Waals surface area contributed by atoms with E-state index in [1.807, 2.05) is 60.7 Å².